The van der Waals surface area contributed by atoms with Crippen molar-refractivity contribution in [2.75, 3.05) is 13.1 Å². The van der Waals surface area contributed by atoms with E-state index in [1.165, 1.54) is 18.2 Å². The predicted octanol–water partition coefficient (Wildman–Crippen LogP) is 2.58. The number of rotatable bonds is 2. The number of halogens is 4. The molecule has 0 radical (unpaired) electrons. The van der Waals surface area contributed by atoms with Gasteiger partial charge in [0.2, 0.25) is 5.91 Å². The van der Waals surface area contributed by atoms with Gasteiger partial charge in [0.25, 0.3) is 0 Å². The summed E-state index contributed by atoms with van der Waals surface area (Å²) in [6.45, 7) is -1.38. The third-order valence-corrected chi connectivity index (χ3v) is 3.76. The van der Waals surface area contributed by atoms with Gasteiger partial charge in [0, 0.05) is 17.6 Å². The smallest absolute Gasteiger partial charge is 0.408 e. The second-order valence-electron chi connectivity index (χ2n) is 5.03. The normalized spacial score (nSPS) is 19.4. The maximum absolute atomic E-state index is 12.4. The maximum Gasteiger partial charge on any atom is 0.420 e. The number of fused-ring (bicyclic) bond motifs is 1. The lowest BCUT2D eigenvalue weighted by Crippen LogP contribution is -2.37. The third kappa shape index (κ3) is 2.58. The molecule has 1 aliphatic heterocycles. The summed E-state index contributed by atoms with van der Waals surface area (Å²) in [7, 11) is 0. The van der Waals surface area contributed by atoms with Crippen molar-refractivity contribution >= 4 is 28.6 Å². The van der Waals surface area contributed by atoms with Crippen molar-refractivity contribution in [2.24, 2.45) is 0 Å². The Morgan fingerprint density at radius 1 is 1.32 bits per heavy atom. The van der Waals surface area contributed by atoms with Gasteiger partial charge in [-0.3, -0.25) is 9.36 Å². The van der Waals surface area contributed by atoms with Crippen molar-refractivity contribution in [3.8, 4) is 0 Å². The van der Waals surface area contributed by atoms with Crippen LogP contribution in [0.25, 0.3) is 11.1 Å². The Morgan fingerprint density at radius 2 is 2.05 bits per heavy atom. The van der Waals surface area contributed by atoms with E-state index in [1.54, 1.807) is 0 Å². The Hall–Kier alpha value is -1.96. The highest BCUT2D eigenvalue weighted by molar-refractivity contribution is 6.31. The van der Waals surface area contributed by atoms with Gasteiger partial charge in [-0.15, -0.1) is 0 Å². The highest BCUT2D eigenvalue weighted by Gasteiger charge is 2.41. The number of oxazole rings is 1. The molecule has 0 saturated carbocycles. The van der Waals surface area contributed by atoms with E-state index < -0.39 is 30.4 Å². The quantitative estimate of drug-likeness (QED) is 0.848. The van der Waals surface area contributed by atoms with Gasteiger partial charge in [0.1, 0.15) is 12.6 Å². The minimum Gasteiger partial charge on any atom is -0.408 e. The molecule has 118 valence electrons. The molecule has 9 heteroatoms. The molecule has 0 N–H and O–H groups in total. The monoisotopic (exact) mass is 334 g/mol. The van der Waals surface area contributed by atoms with E-state index in [0.717, 1.165) is 4.57 Å². The molecule has 1 saturated heterocycles. The van der Waals surface area contributed by atoms with Crippen LogP contribution in [-0.2, 0) is 4.79 Å². The van der Waals surface area contributed by atoms with Crippen molar-refractivity contribution in [2.45, 2.75) is 18.6 Å². The van der Waals surface area contributed by atoms with Crippen LogP contribution in [0.3, 0.4) is 0 Å². The number of aromatic nitrogens is 1. The number of likely N-dealkylation sites (tertiary alicyclic amines) is 1. The average Bonchev–Trinajstić information content (AvgIpc) is 2.88. The van der Waals surface area contributed by atoms with Crippen molar-refractivity contribution in [3.63, 3.8) is 0 Å². The van der Waals surface area contributed by atoms with Gasteiger partial charge in [-0.1, -0.05) is 11.6 Å². The summed E-state index contributed by atoms with van der Waals surface area (Å²) in [5.74, 6) is -1.53. The van der Waals surface area contributed by atoms with Crippen LogP contribution in [0.15, 0.2) is 27.4 Å². The molecule has 0 bridgehead atoms. The van der Waals surface area contributed by atoms with Crippen molar-refractivity contribution in [1.29, 1.82) is 0 Å². The zero-order chi connectivity index (χ0) is 16.1. The zero-order valence-corrected chi connectivity index (χ0v) is 11.8. The molecule has 2 aromatic rings. The van der Waals surface area contributed by atoms with Crippen molar-refractivity contribution in [1.82, 2.24) is 9.47 Å². The fraction of sp³-hybridized carbons (Fsp3) is 0.385. The Balaban J connectivity index is 1.97. The van der Waals surface area contributed by atoms with E-state index in [-0.39, 0.29) is 18.5 Å². The van der Waals surface area contributed by atoms with Gasteiger partial charge in [-0.05, 0) is 18.6 Å². The van der Waals surface area contributed by atoms with Crippen LogP contribution in [-0.4, -0.2) is 34.6 Å². The Labute approximate surface area is 126 Å². The lowest BCUT2D eigenvalue weighted by atomic mass is 10.2. The van der Waals surface area contributed by atoms with E-state index in [9.17, 15) is 22.8 Å². The van der Waals surface area contributed by atoms with Crippen LogP contribution in [0, 0.1) is 0 Å². The molecule has 1 atom stereocenters. The number of benzene rings is 1. The summed E-state index contributed by atoms with van der Waals surface area (Å²) in [4.78, 5) is 24.8. The number of carbonyl (C=O) groups excluding carboxylic acids is 1. The highest BCUT2D eigenvalue weighted by atomic mass is 35.5. The molecule has 2 heterocycles. The van der Waals surface area contributed by atoms with Crippen LogP contribution >= 0.6 is 11.6 Å². The van der Waals surface area contributed by atoms with Gasteiger partial charge >= 0.3 is 11.9 Å². The molecule has 3 rings (SSSR count). The van der Waals surface area contributed by atoms with Gasteiger partial charge in [0.15, 0.2) is 5.58 Å². The van der Waals surface area contributed by atoms with Gasteiger partial charge in [-0.25, -0.2) is 4.79 Å². The lowest BCUT2D eigenvalue weighted by Gasteiger charge is -2.18. The van der Waals surface area contributed by atoms with E-state index in [4.69, 9.17) is 16.0 Å². The van der Waals surface area contributed by atoms with Crippen LogP contribution < -0.4 is 5.76 Å². The summed E-state index contributed by atoms with van der Waals surface area (Å²) in [5, 5.41) is 0.352. The molecule has 1 aromatic carbocycles. The first-order valence-electron chi connectivity index (χ1n) is 6.42. The molecule has 22 heavy (non-hydrogen) atoms. The van der Waals surface area contributed by atoms with E-state index in [1.807, 2.05) is 0 Å². The zero-order valence-electron chi connectivity index (χ0n) is 11.1. The first-order valence-corrected chi connectivity index (χ1v) is 6.80. The number of amides is 1. The molecular weight excluding hydrogens is 325 g/mol. The Bertz CT molecular complexity index is 796. The number of hydrogen-bond acceptors (Lipinski definition) is 3. The maximum atomic E-state index is 12.4. The van der Waals surface area contributed by atoms with Gasteiger partial charge < -0.3 is 9.32 Å². The van der Waals surface area contributed by atoms with E-state index in [0.29, 0.717) is 15.4 Å². The number of alkyl halides is 3. The largest absolute Gasteiger partial charge is 0.420 e. The molecule has 1 aromatic heterocycles. The summed E-state index contributed by atoms with van der Waals surface area (Å²) < 4.78 is 43.4. The fourth-order valence-corrected chi connectivity index (χ4v) is 2.80. The van der Waals surface area contributed by atoms with Crippen LogP contribution in [0.4, 0.5) is 13.2 Å². The summed E-state index contributed by atoms with van der Waals surface area (Å²) in [5.41, 5.74) is 0.529. The minimum absolute atomic E-state index is 0.0598. The van der Waals surface area contributed by atoms with Crippen molar-refractivity contribution < 1.29 is 22.4 Å². The molecule has 1 aliphatic rings. The van der Waals surface area contributed by atoms with Crippen LogP contribution in [0.5, 0.6) is 0 Å². The van der Waals surface area contributed by atoms with Crippen LogP contribution in [0.2, 0.25) is 5.02 Å². The molecule has 0 aliphatic carbocycles. The van der Waals surface area contributed by atoms with E-state index >= 15 is 0 Å². The third-order valence-electron chi connectivity index (χ3n) is 3.53. The fourth-order valence-electron chi connectivity index (χ4n) is 2.64. The van der Waals surface area contributed by atoms with E-state index in [2.05, 4.69) is 0 Å². The second kappa shape index (κ2) is 5.05. The highest BCUT2D eigenvalue weighted by Crippen LogP contribution is 2.29. The van der Waals surface area contributed by atoms with Crippen molar-refractivity contribution in [3.05, 3.63) is 33.8 Å². The Kier molecular flexibility index (Phi) is 3.43. The second-order valence-corrected chi connectivity index (χ2v) is 5.47. The molecule has 0 spiro atoms. The standard InChI is InChI=1S/C13H10ClF3N2O3/c14-7-1-2-8-10(5-7)22-12(21)19(8)9-3-4-18(11(9)20)6-13(15,16)17/h1-2,5,9H,3-4,6H2/t9-/m0/s1. The Morgan fingerprint density at radius 3 is 2.73 bits per heavy atom. The lowest BCUT2D eigenvalue weighted by molar-refractivity contribution is -0.158. The number of hydrogen-bond donors (Lipinski definition) is 0. The number of nitrogens with zero attached hydrogens (tertiary/aromatic N) is 2. The topological polar surface area (TPSA) is 55.5 Å². The number of carbonyl (C=O) groups is 1. The summed E-state index contributed by atoms with van der Waals surface area (Å²) >= 11 is 5.79. The average molecular weight is 335 g/mol. The summed E-state index contributed by atoms with van der Waals surface area (Å²) in [6.07, 6.45) is -4.35. The SMILES string of the molecule is O=C1[C@@H](n2c(=O)oc3cc(Cl)ccc32)CCN1CC(F)(F)F. The minimum atomic E-state index is -4.47. The predicted molar refractivity (Wildman–Crippen MR) is 71.8 cm³/mol. The first kappa shape index (κ1) is 15.0. The molecule has 1 fully saturated rings. The molecular formula is C13H10ClF3N2O3. The first-order chi connectivity index (χ1) is 10.3. The molecule has 1 amide bonds. The molecule has 5 nitrogen and oxygen atoms in total. The molecule has 0 unspecified atom stereocenters. The van der Waals surface area contributed by atoms with Crippen LogP contribution in [0.1, 0.15) is 12.5 Å². The van der Waals surface area contributed by atoms with Gasteiger partial charge in [0.05, 0.1) is 5.52 Å². The summed E-state index contributed by atoms with van der Waals surface area (Å²) in [6, 6.07) is 3.45. The van der Waals surface area contributed by atoms with Gasteiger partial charge in [-0.2, -0.15) is 13.2 Å².